The lowest BCUT2D eigenvalue weighted by Crippen LogP contribution is -2.37. The van der Waals surface area contributed by atoms with E-state index >= 15 is 0 Å². The molecule has 1 amide bonds. The van der Waals surface area contributed by atoms with Crippen molar-refractivity contribution >= 4 is 68.1 Å². The third-order valence-corrected chi connectivity index (χ3v) is 6.12. The molecule has 0 unspecified atom stereocenters. The third kappa shape index (κ3) is 6.01. The van der Waals surface area contributed by atoms with Gasteiger partial charge in [0.05, 0.1) is 39.2 Å². The highest BCUT2D eigenvalue weighted by atomic mass is 35.5. The molecule has 2 aromatic rings. The summed E-state index contributed by atoms with van der Waals surface area (Å²) in [6, 6.07) is 7.24. The molecular weight excluding hydrogens is 475 g/mol. The quantitative estimate of drug-likeness (QED) is 0.452. The summed E-state index contributed by atoms with van der Waals surface area (Å²) in [5, 5.41) is 2.86. The normalized spacial score (nSPS) is 11.1. The van der Waals surface area contributed by atoms with E-state index in [1.54, 1.807) is 26.0 Å². The van der Waals surface area contributed by atoms with Gasteiger partial charge < -0.3 is 10.1 Å². The molecule has 0 aliphatic rings. The van der Waals surface area contributed by atoms with Gasteiger partial charge in [-0.2, -0.15) is 0 Å². The minimum absolute atomic E-state index is 0.0145. The minimum atomic E-state index is -3.88. The van der Waals surface area contributed by atoms with Gasteiger partial charge in [0.15, 0.2) is 0 Å². The lowest BCUT2D eigenvalue weighted by atomic mass is 10.1. The molecule has 11 heteroatoms. The van der Waals surface area contributed by atoms with Crippen molar-refractivity contribution in [3.8, 4) is 0 Å². The number of anilines is 2. The number of ether oxygens (including phenoxy) is 1. The van der Waals surface area contributed by atoms with Crippen LogP contribution in [0.25, 0.3) is 0 Å². The average Bonchev–Trinajstić information content (AvgIpc) is 2.64. The highest BCUT2D eigenvalue weighted by molar-refractivity contribution is 7.92. The Balaban J connectivity index is 2.31. The van der Waals surface area contributed by atoms with Crippen molar-refractivity contribution in [2.24, 2.45) is 0 Å². The van der Waals surface area contributed by atoms with Crippen LogP contribution >= 0.6 is 34.8 Å². The lowest BCUT2D eigenvalue weighted by molar-refractivity contribution is -0.114. The smallest absolute Gasteiger partial charge is 0.338 e. The summed E-state index contributed by atoms with van der Waals surface area (Å²) in [6.45, 7) is 3.05. The Bertz CT molecular complexity index is 1090. The van der Waals surface area contributed by atoms with Gasteiger partial charge >= 0.3 is 5.97 Å². The van der Waals surface area contributed by atoms with E-state index in [4.69, 9.17) is 39.5 Å². The Kier molecular flexibility index (Phi) is 7.99. The number of carbonyl (C=O) groups is 2. The number of hydrogen-bond donors (Lipinski definition) is 1. The molecule has 2 rings (SSSR count). The molecule has 0 heterocycles. The predicted molar refractivity (Wildman–Crippen MR) is 119 cm³/mol. The first-order chi connectivity index (χ1) is 13.9. The molecule has 0 bridgehead atoms. The second kappa shape index (κ2) is 9.87. The number of aryl methyl sites for hydroxylation is 1. The number of sulfonamides is 1. The summed E-state index contributed by atoms with van der Waals surface area (Å²) in [6.07, 6.45) is 0.936. The number of nitrogens with zero attached hydrogens (tertiary/aromatic N) is 1. The summed E-state index contributed by atoms with van der Waals surface area (Å²) >= 11 is 18.0. The van der Waals surface area contributed by atoms with Crippen molar-refractivity contribution < 1.29 is 22.7 Å². The summed E-state index contributed by atoms with van der Waals surface area (Å²) < 4.78 is 30.4. The number of rotatable bonds is 7. The fourth-order valence-electron chi connectivity index (χ4n) is 2.50. The first-order valence-corrected chi connectivity index (χ1v) is 11.6. The van der Waals surface area contributed by atoms with Crippen LogP contribution in [0.3, 0.4) is 0 Å². The van der Waals surface area contributed by atoms with E-state index in [1.807, 2.05) is 0 Å². The van der Waals surface area contributed by atoms with Gasteiger partial charge in [-0.05, 0) is 43.7 Å². The van der Waals surface area contributed by atoms with Crippen molar-refractivity contribution in [1.29, 1.82) is 0 Å². The molecule has 0 spiro atoms. The molecule has 0 atom stereocenters. The molecule has 0 fully saturated rings. The van der Waals surface area contributed by atoms with Crippen LogP contribution in [0.4, 0.5) is 11.4 Å². The Morgan fingerprint density at radius 3 is 2.30 bits per heavy atom. The zero-order valence-corrected chi connectivity index (χ0v) is 19.4. The van der Waals surface area contributed by atoms with E-state index in [1.165, 1.54) is 18.2 Å². The molecule has 0 aliphatic heterocycles. The fourth-order valence-corrected chi connectivity index (χ4v) is 4.06. The van der Waals surface area contributed by atoms with Crippen LogP contribution in [-0.4, -0.2) is 39.7 Å². The molecule has 1 N–H and O–H groups in total. The molecule has 0 aromatic heterocycles. The van der Waals surface area contributed by atoms with Gasteiger partial charge in [-0.1, -0.05) is 40.9 Å². The Morgan fingerprint density at radius 2 is 1.70 bits per heavy atom. The van der Waals surface area contributed by atoms with E-state index in [0.717, 1.165) is 10.6 Å². The SMILES string of the molecule is CCOC(=O)c1ccc(C)c(NC(=O)CN(c2cc(Cl)c(Cl)cc2Cl)S(C)(=O)=O)c1. The van der Waals surface area contributed by atoms with Crippen molar-refractivity contribution in [2.45, 2.75) is 13.8 Å². The first-order valence-electron chi connectivity index (χ1n) is 8.64. The van der Waals surface area contributed by atoms with Crippen LogP contribution in [0.5, 0.6) is 0 Å². The number of carbonyl (C=O) groups excluding carboxylic acids is 2. The number of hydrogen-bond acceptors (Lipinski definition) is 5. The largest absolute Gasteiger partial charge is 0.462 e. The first kappa shape index (κ1) is 24.3. The lowest BCUT2D eigenvalue weighted by Gasteiger charge is -2.23. The van der Waals surface area contributed by atoms with E-state index in [0.29, 0.717) is 11.3 Å². The monoisotopic (exact) mass is 492 g/mol. The molecule has 0 aliphatic carbocycles. The van der Waals surface area contributed by atoms with E-state index in [-0.39, 0.29) is 32.9 Å². The number of halogens is 3. The van der Waals surface area contributed by atoms with E-state index in [9.17, 15) is 18.0 Å². The average molecular weight is 494 g/mol. The predicted octanol–water partition coefficient (Wildman–Crippen LogP) is 4.54. The maximum atomic E-state index is 12.6. The van der Waals surface area contributed by atoms with Crippen molar-refractivity contribution in [3.63, 3.8) is 0 Å². The van der Waals surface area contributed by atoms with Gasteiger partial charge in [-0.25, -0.2) is 13.2 Å². The standard InChI is InChI=1S/C19H19Cl3N2O5S/c1-4-29-19(26)12-6-5-11(2)16(7-12)23-18(25)10-24(30(3,27)28)17-9-14(21)13(20)8-15(17)22/h5-9H,4,10H2,1-3H3,(H,23,25). The summed E-state index contributed by atoms with van der Waals surface area (Å²) in [7, 11) is -3.88. The van der Waals surface area contributed by atoms with Gasteiger partial charge in [0, 0.05) is 5.69 Å². The number of nitrogens with one attached hydrogen (secondary N) is 1. The topological polar surface area (TPSA) is 92.8 Å². The highest BCUT2D eigenvalue weighted by Crippen LogP contribution is 2.35. The summed E-state index contributed by atoms with van der Waals surface area (Å²) in [4.78, 5) is 24.6. The second-order valence-corrected chi connectivity index (χ2v) is 9.41. The van der Waals surface area contributed by atoms with Crippen LogP contribution in [0, 0.1) is 6.92 Å². The number of esters is 1. The summed E-state index contributed by atoms with van der Waals surface area (Å²) in [5.74, 6) is -1.18. The number of benzene rings is 2. The van der Waals surface area contributed by atoms with E-state index in [2.05, 4.69) is 5.32 Å². The Hall–Kier alpha value is -2.00. The van der Waals surface area contributed by atoms with Crippen LogP contribution in [0.1, 0.15) is 22.8 Å². The van der Waals surface area contributed by atoms with E-state index < -0.39 is 28.4 Å². The van der Waals surface area contributed by atoms with Crippen LogP contribution in [0.15, 0.2) is 30.3 Å². The maximum Gasteiger partial charge on any atom is 0.338 e. The minimum Gasteiger partial charge on any atom is -0.462 e. The molecule has 0 radical (unpaired) electrons. The van der Waals surface area contributed by atoms with Gasteiger partial charge in [0.2, 0.25) is 15.9 Å². The fraction of sp³-hybridized carbons (Fsp3) is 0.263. The van der Waals surface area contributed by atoms with Crippen LogP contribution in [0.2, 0.25) is 15.1 Å². The zero-order valence-electron chi connectivity index (χ0n) is 16.3. The van der Waals surface area contributed by atoms with Gasteiger partial charge in [-0.3, -0.25) is 9.10 Å². The van der Waals surface area contributed by atoms with Crippen LogP contribution in [-0.2, 0) is 19.6 Å². The Labute approximate surface area is 189 Å². The summed E-state index contributed by atoms with van der Waals surface area (Å²) in [5.41, 5.74) is 1.29. The van der Waals surface area contributed by atoms with Gasteiger partial charge in [0.1, 0.15) is 6.54 Å². The molecule has 30 heavy (non-hydrogen) atoms. The number of amides is 1. The highest BCUT2D eigenvalue weighted by Gasteiger charge is 2.24. The van der Waals surface area contributed by atoms with Gasteiger partial charge in [0.25, 0.3) is 0 Å². The maximum absolute atomic E-state index is 12.6. The molecule has 0 saturated carbocycles. The van der Waals surface area contributed by atoms with Crippen molar-refractivity contribution in [2.75, 3.05) is 29.0 Å². The molecule has 0 saturated heterocycles. The molecule has 162 valence electrons. The molecular formula is C19H19Cl3N2O5S. The van der Waals surface area contributed by atoms with Crippen molar-refractivity contribution in [3.05, 3.63) is 56.5 Å². The molecule has 2 aromatic carbocycles. The van der Waals surface area contributed by atoms with Crippen molar-refractivity contribution in [1.82, 2.24) is 0 Å². The zero-order chi connectivity index (χ0) is 22.6. The Morgan fingerprint density at radius 1 is 1.07 bits per heavy atom. The van der Waals surface area contributed by atoms with Gasteiger partial charge in [-0.15, -0.1) is 0 Å². The second-order valence-electron chi connectivity index (χ2n) is 6.29. The molecule has 7 nitrogen and oxygen atoms in total. The third-order valence-electron chi connectivity index (χ3n) is 3.97. The van der Waals surface area contributed by atoms with Crippen LogP contribution < -0.4 is 9.62 Å².